The molecule has 0 saturated carbocycles. The van der Waals surface area contributed by atoms with Crippen LogP contribution in [0.25, 0.3) is 0 Å². The van der Waals surface area contributed by atoms with Crippen molar-refractivity contribution in [3.63, 3.8) is 0 Å². The van der Waals surface area contributed by atoms with Crippen molar-refractivity contribution in [1.82, 2.24) is 14.8 Å². The van der Waals surface area contributed by atoms with E-state index < -0.39 is 0 Å². The third-order valence-corrected chi connectivity index (χ3v) is 5.68. The van der Waals surface area contributed by atoms with Gasteiger partial charge in [-0.15, -0.1) is 0 Å². The van der Waals surface area contributed by atoms with Crippen molar-refractivity contribution in [2.24, 2.45) is 11.8 Å². The van der Waals surface area contributed by atoms with E-state index in [1.807, 2.05) is 9.80 Å². The van der Waals surface area contributed by atoms with E-state index in [1.165, 1.54) is 0 Å². The van der Waals surface area contributed by atoms with Gasteiger partial charge in [-0.2, -0.15) is 0 Å². The van der Waals surface area contributed by atoms with E-state index in [9.17, 15) is 9.59 Å². The van der Waals surface area contributed by atoms with Crippen LogP contribution in [0.2, 0.25) is 5.15 Å². The van der Waals surface area contributed by atoms with Gasteiger partial charge >= 0.3 is 0 Å². The number of carbonyl (C=O) groups is 2. The predicted octanol–water partition coefficient (Wildman–Crippen LogP) is 2.47. The second-order valence-electron chi connectivity index (χ2n) is 7.03. The van der Waals surface area contributed by atoms with Crippen molar-refractivity contribution in [3.05, 3.63) is 29.0 Å². The molecule has 0 bridgehead atoms. The number of aromatic nitrogens is 1. The Labute approximate surface area is 159 Å². The highest BCUT2D eigenvalue weighted by molar-refractivity contribution is 6.29. The molecule has 2 aliphatic rings. The maximum Gasteiger partial charge on any atom is 0.254 e. The highest BCUT2D eigenvalue weighted by Gasteiger charge is 2.33. The van der Waals surface area contributed by atoms with Crippen LogP contribution in [0.3, 0.4) is 0 Å². The minimum Gasteiger partial charge on any atom is -0.378 e. The Bertz CT molecular complexity index is 649. The van der Waals surface area contributed by atoms with E-state index in [-0.39, 0.29) is 11.8 Å². The number of hydrogen-bond donors (Lipinski definition) is 0. The Morgan fingerprint density at radius 3 is 2.69 bits per heavy atom. The maximum absolute atomic E-state index is 12.7. The van der Waals surface area contributed by atoms with Gasteiger partial charge in [0, 0.05) is 44.4 Å². The summed E-state index contributed by atoms with van der Waals surface area (Å²) in [5.74, 6) is 0.888. The zero-order valence-corrected chi connectivity index (χ0v) is 16.0. The first-order valence-corrected chi connectivity index (χ1v) is 9.72. The molecule has 3 heterocycles. The van der Waals surface area contributed by atoms with E-state index in [2.05, 4.69) is 11.9 Å². The lowest BCUT2D eigenvalue weighted by Crippen LogP contribution is -2.46. The number of piperidine rings is 1. The molecule has 2 unspecified atom stereocenters. The van der Waals surface area contributed by atoms with Crippen LogP contribution in [0.4, 0.5) is 0 Å². The zero-order chi connectivity index (χ0) is 18.5. The largest absolute Gasteiger partial charge is 0.378 e. The van der Waals surface area contributed by atoms with Crippen molar-refractivity contribution >= 4 is 23.4 Å². The second-order valence-corrected chi connectivity index (χ2v) is 7.42. The van der Waals surface area contributed by atoms with Crippen LogP contribution >= 0.6 is 11.6 Å². The van der Waals surface area contributed by atoms with Gasteiger partial charge in [0.2, 0.25) is 5.91 Å². The van der Waals surface area contributed by atoms with Crippen molar-refractivity contribution in [2.45, 2.75) is 26.2 Å². The highest BCUT2D eigenvalue weighted by atomic mass is 35.5. The molecule has 0 aromatic carbocycles. The van der Waals surface area contributed by atoms with E-state index in [4.69, 9.17) is 16.3 Å². The summed E-state index contributed by atoms with van der Waals surface area (Å²) in [6, 6.07) is 3.31. The molecule has 0 aliphatic carbocycles. The van der Waals surface area contributed by atoms with Gasteiger partial charge in [-0.05, 0) is 30.4 Å². The Hall–Kier alpha value is -1.66. The highest BCUT2D eigenvalue weighted by Crippen LogP contribution is 2.30. The molecule has 2 amide bonds. The number of ether oxygens (including phenoxy) is 1. The van der Waals surface area contributed by atoms with Crippen LogP contribution in [0.5, 0.6) is 0 Å². The number of morpholine rings is 1. The third kappa shape index (κ3) is 4.54. The fraction of sp³-hybridized carbons (Fsp3) is 0.632. The van der Waals surface area contributed by atoms with Gasteiger partial charge in [0.15, 0.2) is 0 Å². The molecule has 3 rings (SSSR count). The monoisotopic (exact) mass is 379 g/mol. The molecular weight excluding hydrogens is 354 g/mol. The zero-order valence-electron chi connectivity index (χ0n) is 15.2. The Morgan fingerprint density at radius 2 is 2.00 bits per heavy atom. The third-order valence-electron chi connectivity index (χ3n) is 5.48. The summed E-state index contributed by atoms with van der Waals surface area (Å²) in [4.78, 5) is 33.0. The number of hydrogen-bond acceptors (Lipinski definition) is 4. The van der Waals surface area contributed by atoms with Crippen LogP contribution in [0.15, 0.2) is 18.3 Å². The van der Waals surface area contributed by atoms with Gasteiger partial charge in [-0.1, -0.05) is 24.9 Å². The average molecular weight is 380 g/mol. The lowest BCUT2D eigenvalue weighted by molar-refractivity contribution is -0.137. The fourth-order valence-corrected chi connectivity index (χ4v) is 4.05. The maximum atomic E-state index is 12.7. The first kappa shape index (κ1) is 19.1. The van der Waals surface area contributed by atoms with Crippen molar-refractivity contribution < 1.29 is 14.3 Å². The van der Waals surface area contributed by atoms with Gasteiger partial charge in [-0.3, -0.25) is 9.59 Å². The number of nitrogens with zero attached hydrogens (tertiary/aromatic N) is 3. The Balaban J connectivity index is 1.59. The molecule has 7 heteroatoms. The van der Waals surface area contributed by atoms with Crippen molar-refractivity contribution in [1.29, 1.82) is 0 Å². The fourth-order valence-electron chi connectivity index (χ4n) is 3.88. The molecular formula is C19H26ClN3O3. The van der Waals surface area contributed by atoms with Gasteiger partial charge in [0.25, 0.3) is 5.91 Å². The number of rotatable bonds is 4. The Kier molecular flexibility index (Phi) is 6.48. The lowest BCUT2D eigenvalue weighted by Gasteiger charge is -2.39. The summed E-state index contributed by atoms with van der Waals surface area (Å²) in [5, 5.41) is 0.328. The minimum absolute atomic E-state index is 0.00861. The molecule has 0 radical (unpaired) electrons. The molecule has 0 spiro atoms. The summed E-state index contributed by atoms with van der Waals surface area (Å²) in [5.41, 5.74) is 0.572. The standard InChI is InChI=1S/C19H26ClN3O3/c1-2-14-13-23(19(25)16-3-5-21-17(20)11-16)6-4-15(14)12-18(24)22-7-9-26-10-8-22/h3,5,11,14-15H,2,4,6-10,12-13H2,1H3. The number of amides is 2. The van der Waals surface area contributed by atoms with Crippen molar-refractivity contribution in [2.75, 3.05) is 39.4 Å². The smallest absolute Gasteiger partial charge is 0.254 e. The van der Waals surface area contributed by atoms with Gasteiger partial charge in [0.05, 0.1) is 13.2 Å². The summed E-state index contributed by atoms with van der Waals surface area (Å²) in [7, 11) is 0. The average Bonchev–Trinajstić information content (AvgIpc) is 2.68. The molecule has 1 aromatic heterocycles. The summed E-state index contributed by atoms with van der Waals surface area (Å²) >= 11 is 5.91. The normalized spacial score (nSPS) is 23.8. The molecule has 2 aliphatic heterocycles. The van der Waals surface area contributed by atoms with Crippen LogP contribution < -0.4 is 0 Å². The van der Waals surface area contributed by atoms with Gasteiger partial charge < -0.3 is 14.5 Å². The van der Waals surface area contributed by atoms with Gasteiger partial charge in [0.1, 0.15) is 5.15 Å². The topological polar surface area (TPSA) is 62.7 Å². The molecule has 2 fully saturated rings. The molecule has 6 nitrogen and oxygen atoms in total. The first-order chi connectivity index (χ1) is 12.6. The Morgan fingerprint density at radius 1 is 1.23 bits per heavy atom. The van der Waals surface area contributed by atoms with E-state index in [1.54, 1.807) is 18.3 Å². The van der Waals surface area contributed by atoms with Crippen molar-refractivity contribution in [3.8, 4) is 0 Å². The molecule has 142 valence electrons. The minimum atomic E-state index is -0.00861. The molecule has 0 N–H and O–H groups in total. The van der Waals surface area contributed by atoms with Crippen LogP contribution in [0, 0.1) is 11.8 Å². The van der Waals surface area contributed by atoms with E-state index in [0.717, 1.165) is 12.8 Å². The summed E-state index contributed by atoms with van der Waals surface area (Å²) in [6.07, 6.45) is 3.95. The number of pyridine rings is 1. The second kappa shape index (κ2) is 8.82. The predicted molar refractivity (Wildman–Crippen MR) is 99.1 cm³/mol. The first-order valence-electron chi connectivity index (χ1n) is 9.34. The number of halogens is 1. The molecule has 2 saturated heterocycles. The number of likely N-dealkylation sites (tertiary alicyclic amines) is 1. The van der Waals surface area contributed by atoms with E-state index >= 15 is 0 Å². The quantitative estimate of drug-likeness (QED) is 0.754. The molecule has 26 heavy (non-hydrogen) atoms. The number of carbonyl (C=O) groups excluding carboxylic acids is 2. The van der Waals surface area contributed by atoms with Crippen LogP contribution in [0.1, 0.15) is 36.5 Å². The van der Waals surface area contributed by atoms with Gasteiger partial charge in [-0.25, -0.2) is 4.98 Å². The van der Waals surface area contributed by atoms with Crippen LogP contribution in [-0.2, 0) is 9.53 Å². The summed E-state index contributed by atoms with van der Waals surface area (Å²) in [6.45, 7) is 6.14. The lowest BCUT2D eigenvalue weighted by atomic mass is 9.81. The van der Waals surface area contributed by atoms with E-state index in [0.29, 0.717) is 68.4 Å². The van der Waals surface area contributed by atoms with Crippen LogP contribution in [-0.4, -0.2) is 66.0 Å². The molecule has 1 aromatic rings. The molecule has 2 atom stereocenters. The summed E-state index contributed by atoms with van der Waals surface area (Å²) < 4.78 is 5.32. The SMILES string of the molecule is CCC1CN(C(=O)c2ccnc(Cl)c2)CCC1CC(=O)N1CCOCC1.